The molecule has 6 heteroatoms. The number of carbonyl (C=O) groups is 1. The van der Waals surface area contributed by atoms with E-state index in [9.17, 15) is 4.79 Å². The molecule has 0 spiro atoms. The van der Waals surface area contributed by atoms with E-state index in [1.807, 2.05) is 24.3 Å². The van der Waals surface area contributed by atoms with Crippen molar-refractivity contribution in [3.63, 3.8) is 0 Å². The van der Waals surface area contributed by atoms with Crippen LogP contribution in [-0.4, -0.2) is 19.7 Å². The van der Waals surface area contributed by atoms with Gasteiger partial charge in [-0.1, -0.05) is 41.4 Å². The van der Waals surface area contributed by atoms with E-state index in [0.717, 1.165) is 29.7 Å². The van der Waals surface area contributed by atoms with Crippen molar-refractivity contribution in [2.24, 2.45) is 5.92 Å². The molecular weight excluding hydrogens is 373 g/mol. The van der Waals surface area contributed by atoms with Gasteiger partial charge in [-0.3, -0.25) is 0 Å². The number of methoxy groups -OCH3 is 1. The third-order valence-corrected chi connectivity index (χ3v) is 5.76. The van der Waals surface area contributed by atoms with Gasteiger partial charge >= 0.3 is 5.97 Å². The standard InChI is InChI=1S/C20H19Cl2NO3/c1-25-20(24)15-5-2-4-13-18(15)23-17(14-6-3-9-26-19(13)14)12-8-7-11(21)10-16(12)22/h2,4-5,7-8,10,14,17,19,23H,3,6,9H2,1H3/t14-,17+,19+/m1/s1. The summed E-state index contributed by atoms with van der Waals surface area (Å²) in [5, 5.41) is 4.76. The zero-order chi connectivity index (χ0) is 18.3. The normalized spacial score (nSPS) is 24.2. The van der Waals surface area contributed by atoms with Gasteiger partial charge in [-0.2, -0.15) is 0 Å². The number of rotatable bonds is 2. The molecule has 0 saturated carbocycles. The molecular formula is C20H19Cl2NO3. The zero-order valence-corrected chi connectivity index (χ0v) is 15.8. The molecule has 1 fully saturated rings. The molecule has 26 heavy (non-hydrogen) atoms. The van der Waals surface area contributed by atoms with Gasteiger partial charge < -0.3 is 14.8 Å². The number of ether oxygens (including phenoxy) is 2. The Morgan fingerprint density at radius 3 is 2.85 bits per heavy atom. The van der Waals surface area contributed by atoms with Crippen LogP contribution in [0, 0.1) is 5.92 Å². The number of halogens is 2. The molecule has 0 aliphatic carbocycles. The maximum Gasteiger partial charge on any atom is 0.339 e. The van der Waals surface area contributed by atoms with Crippen LogP contribution in [-0.2, 0) is 9.47 Å². The molecule has 2 aliphatic rings. The largest absolute Gasteiger partial charge is 0.465 e. The summed E-state index contributed by atoms with van der Waals surface area (Å²) in [5.74, 6) is -0.146. The first kappa shape index (κ1) is 17.7. The number of hydrogen-bond acceptors (Lipinski definition) is 4. The molecule has 136 valence electrons. The minimum absolute atomic E-state index is 0.0663. The molecule has 2 heterocycles. The van der Waals surface area contributed by atoms with E-state index in [1.54, 1.807) is 12.1 Å². The van der Waals surface area contributed by atoms with Crippen molar-refractivity contribution in [2.75, 3.05) is 19.0 Å². The molecule has 0 amide bonds. The summed E-state index contributed by atoms with van der Waals surface area (Å²) < 4.78 is 11.1. The Kier molecular flexibility index (Phi) is 4.82. The molecule has 3 atom stereocenters. The van der Waals surface area contributed by atoms with E-state index in [-0.39, 0.29) is 24.0 Å². The molecule has 4 nitrogen and oxygen atoms in total. The highest BCUT2D eigenvalue weighted by atomic mass is 35.5. The van der Waals surface area contributed by atoms with Crippen LogP contribution in [0.25, 0.3) is 0 Å². The molecule has 0 radical (unpaired) electrons. The Hall–Kier alpha value is -1.75. The highest BCUT2D eigenvalue weighted by molar-refractivity contribution is 6.35. The molecule has 1 N–H and O–H groups in total. The number of hydrogen-bond donors (Lipinski definition) is 1. The fourth-order valence-electron chi connectivity index (χ4n) is 4.04. The van der Waals surface area contributed by atoms with Gasteiger partial charge in [0.15, 0.2) is 0 Å². The Morgan fingerprint density at radius 2 is 2.08 bits per heavy atom. The third kappa shape index (κ3) is 2.96. The van der Waals surface area contributed by atoms with Gasteiger partial charge in [-0.15, -0.1) is 0 Å². The van der Waals surface area contributed by atoms with Gasteiger partial charge in [0.2, 0.25) is 0 Å². The van der Waals surface area contributed by atoms with Crippen LogP contribution < -0.4 is 5.32 Å². The number of esters is 1. The number of benzene rings is 2. The second kappa shape index (κ2) is 7.10. The molecule has 2 aliphatic heterocycles. The van der Waals surface area contributed by atoms with Crippen LogP contribution in [0.2, 0.25) is 10.0 Å². The maximum atomic E-state index is 12.3. The lowest BCUT2D eigenvalue weighted by atomic mass is 9.77. The summed E-state index contributed by atoms with van der Waals surface area (Å²) in [5.41, 5.74) is 3.23. The predicted molar refractivity (Wildman–Crippen MR) is 102 cm³/mol. The molecule has 0 unspecified atom stereocenters. The summed E-state index contributed by atoms with van der Waals surface area (Å²) in [6, 6.07) is 11.1. The first-order chi connectivity index (χ1) is 12.6. The molecule has 2 aromatic rings. The zero-order valence-electron chi connectivity index (χ0n) is 14.3. The predicted octanol–water partition coefficient (Wildman–Crippen LogP) is 5.41. The average molecular weight is 392 g/mol. The molecule has 1 saturated heterocycles. The lowest BCUT2D eigenvalue weighted by molar-refractivity contribution is -0.0381. The van der Waals surface area contributed by atoms with Gasteiger partial charge in [0.05, 0.1) is 30.5 Å². The fraction of sp³-hybridized carbons (Fsp3) is 0.350. The number of fused-ring (bicyclic) bond motifs is 3. The quantitative estimate of drug-likeness (QED) is 0.694. The Bertz CT molecular complexity index is 855. The van der Waals surface area contributed by atoms with Gasteiger partial charge in [-0.25, -0.2) is 4.79 Å². The number of para-hydroxylation sites is 1. The summed E-state index contributed by atoms with van der Waals surface area (Å²) in [6.45, 7) is 0.712. The maximum absolute atomic E-state index is 12.3. The molecule has 2 aromatic carbocycles. The van der Waals surface area contributed by atoms with Crippen LogP contribution in [0.5, 0.6) is 0 Å². The molecule has 4 rings (SSSR count). The van der Waals surface area contributed by atoms with Gasteiger partial charge in [-0.05, 0) is 36.6 Å². The van der Waals surface area contributed by atoms with Crippen LogP contribution in [0.3, 0.4) is 0 Å². The Balaban J connectivity index is 1.84. The lowest BCUT2D eigenvalue weighted by Crippen LogP contribution is -2.36. The van der Waals surface area contributed by atoms with Gasteiger partial charge in [0.1, 0.15) is 0 Å². The van der Waals surface area contributed by atoms with E-state index < -0.39 is 0 Å². The SMILES string of the molecule is COC(=O)c1cccc2c1N[C@@H](c1ccc(Cl)cc1Cl)[C@H]1CCCO[C@@H]21. The first-order valence-electron chi connectivity index (χ1n) is 8.64. The van der Waals surface area contributed by atoms with E-state index >= 15 is 0 Å². The summed E-state index contributed by atoms with van der Waals surface area (Å²) >= 11 is 12.6. The fourth-order valence-corrected chi connectivity index (χ4v) is 4.57. The molecule has 0 aromatic heterocycles. The Morgan fingerprint density at radius 1 is 1.23 bits per heavy atom. The second-order valence-corrected chi connectivity index (χ2v) is 7.49. The smallest absolute Gasteiger partial charge is 0.339 e. The van der Waals surface area contributed by atoms with Crippen molar-refractivity contribution in [3.05, 3.63) is 63.1 Å². The summed E-state index contributed by atoms with van der Waals surface area (Å²) in [7, 11) is 1.39. The van der Waals surface area contributed by atoms with Gasteiger partial charge in [0.25, 0.3) is 0 Å². The van der Waals surface area contributed by atoms with Crippen molar-refractivity contribution >= 4 is 34.9 Å². The van der Waals surface area contributed by atoms with Crippen LogP contribution in [0.1, 0.15) is 46.5 Å². The van der Waals surface area contributed by atoms with E-state index in [1.165, 1.54) is 7.11 Å². The van der Waals surface area contributed by atoms with Crippen LogP contribution >= 0.6 is 23.2 Å². The average Bonchev–Trinajstić information content (AvgIpc) is 2.66. The Labute approximate surface area is 162 Å². The van der Waals surface area contributed by atoms with Crippen molar-refractivity contribution in [3.8, 4) is 0 Å². The van der Waals surface area contributed by atoms with E-state index in [4.69, 9.17) is 32.7 Å². The van der Waals surface area contributed by atoms with Gasteiger partial charge in [0, 0.05) is 28.1 Å². The summed E-state index contributed by atoms with van der Waals surface area (Å²) in [6.07, 6.45) is 1.93. The van der Waals surface area contributed by atoms with Crippen molar-refractivity contribution < 1.29 is 14.3 Å². The lowest BCUT2D eigenvalue weighted by Gasteiger charge is -2.44. The van der Waals surface area contributed by atoms with Crippen LogP contribution in [0.4, 0.5) is 5.69 Å². The highest BCUT2D eigenvalue weighted by Gasteiger charge is 2.41. The third-order valence-electron chi connectivity index (χ3n) is 5.20. The highest BCUT2D eigenvalue weighted by Crippen LogP contribution is 2.51. The second-order valence-electron chi connectivity index (χ2n) is 6.65. The summed E-state index contributed by atoms with van der Waals surface area (Å²) in [4.78, 5) is 12.3. The monoisotopic (exact) mass is 391 g/mol. The van der Waals surface area contributed by atoms with Crippen molar-refractivity contribution in [1.82, 2.24) is 0 Å². The minimum atomic E-state index is -0.371. The minimum Gasteiger partial charge on any atom is -0.465 e. The first-order valence-corrected chi connectivity index (χ1v) is 9.40. The number of anilines is 1. The van der Waals surface area contributed by atoms with E-state index in [2.05, 4.69) is 5.32 Å². The van der Waals surface area contributed by atoms with Crippen LogP contribution in [0.15, 0.2) is 36.4 Å². The topological polar surface area (TPSA) is 47.6 Å². The van der Waals surface area contributed by atoms with E-state index in [0.29, 0.717) is 22.2 Å². The van der Waals surface area contributed by atoms with Crippen molar-refractivity contribution in [2.45, 2.75) is 25.0 Å². The van der Waals surface area contributed by atoms with Crippen molar-refractivity contribution in [1.29, 1.82) is 0 Å². The number of carbonyl (C=O) groups excluding carboxylic acids is 1. The number of nitrogens with one attached hydrogen (secondary N) is 1. The molecule has 0 bridgehead atoms.